The van der Waals surface area contributed by atoms with E-state index in [-0.39, 0.29) is 5.57 Å². The normalized spacial score (nSPS) is 9.87. The molecular weight excluding hydrogens is 306 g/mol. The van der Waals surface area contributed by atoms with E-state index in [1.165, 1.54) is 0 Å². The maximum absolute atomic E-state index is 8.78. The first-order valence-electron chi connectivity index (χ1n) is 6.80. The Morgan fingerprint density at radius 3 is 2.52 bits per heavy atom. The van der Waals surface area contributed by atoms with Gasteiger partial charge in [0.2, 0.25) is 0 Å². The van der Waals surface area contributed by atoms with Crippen LogP contribution in [0.5, 0.6) is 5.75 Å². The van der Waals surface area contributed by atoms with Gasteiger partial charge in [-0.1, -0.05) is 24.3 Å². The van der Waals surface area contributed by atoms with Crippen LogP contribution in [0.15, 0.2) is 48.0 Å². The molecule has 0 bridgehead atoms. The van der Waals surface area contributed by atoms with Crippen molar-refractivity contribution < 1.29 is 4.74 Å². The summed E-state index contributed by atoms with van der Waals surface area (Å²) < 4.78 is 6.30. The molecule has 0 unspecified atom stereocenters. The van der Waals surface area contributed by atoms with Crippen molar-refractivity contribution in [3.8, 4) is 28.5 Å². The van der Waals surface area contributed by atoms with Crippen LogP contribution >= 0.6 is 11.3 Å². The highest BCUT2D eigenvalue weighted by molar-refractivity contribution is 7.21. The molecule has 23 heavy (non-hydrogen) atoms. The Labute approximate surface area is 137 Å². The molecule has 0 aliphatic rings. The van der Waals surface area contributed by atoms with Crippen molar-refractivity contribution in [3.63, 3.8) is 0 Å². The zero-order chi connectivity index (χ0) is 16.2. The van der Waals surface area contributed by atoms with Gasteiger partial charge in [-0.15, -0.1) is 11.3 Å². The zero-order valence-corrected chi connectivity index (χ0v) is 13.1. The summed E-state index contributed by atoms with van der Waals surface area (Å²) in [6.45, 7) is 0. The van der Waals surface area contributed by atoms with Crippen molar-refractivity contribution in [2.75, 3.05) is 7.11 Å². The lowest BCUT2D eigenvalue weighted by Crippen LogP contribution is -1.80. The van der Waals surface area contributed by atoms with Gasteiger partial charge in [-0.2, -0.15) is 10.5 Å². The third kappa shape index (κ3) is 3.06. The number of allylic oxidation sites excluding steroid dienone is 1. The predicted molar refractivity (Wildman–Crippen MR) is 90.8 cm³/mol. The van der Waals surface area contributed by atoms with Crippen LogP contribution in [0.3, 0.4) is 0 Å². The van der Waals surface area contributed by atoms with Crippen LogP contribution in [0, 0.1) is 22.7 Å². The molecule has 0 saturated carbocycles. The van der Waals surface area contributed by atoms with E-state index in [1.54, 1.807) is 24.5 Å². The fourth-order valence-corrected chi connectivity index (χ4v) is 3.13. The first-order valence-corrected chi connectivity index (χ1v) is 7.62. The van der Waals surface area contributed by atoms with Gasteiger partial charge in [-0.3, -0.25) is 0 Å². The summed E-state index contributed by atoms with van der Waals surface area (Å²) in [5.74, 6) is 0.814. The van der Waals surface area contributed by atoms with Crippen molar-refractivity contribution in [1.29, 1.82) is 10.5 Å². The molecule has 5 heteroatoms. The first kappa shape index (κ1) is 14.8. The van der Waals surface area contributed by atoms with Crippen molar-refractivity contribution in [1.82, 2.24) is 4.98 Å². The lowest BCUT2D eigenvalue weighted by atomic mass is 10.1. The van der Waals surface area contributed by atoms with Gasteiger partial charge < -0.3 is 4.74 Å². The highest BCUT2D eigenvalue weighted by Gasteiger charge is 2.07. The van der Waals surface area contributed by atoms with Crippen molar-refractivity contribution in [3.05, 3.63) is 53.6 Å². The summed E-state index contributed by atoms with van der Waals surface area (Å²) in [5, 5.41) is 18.5. The molecule has 0 radical (unpaired) electrons. The van der Waals surface area contributed by atoms with Crippen LogP contribution in [0.1, 0.15) is 5.56 Å². The van der Waals surface area contributed by atoms with E-state index in [2.05, 4.69) is 4.98 Å². The topological polar surface area (TPSA) is 69.7 Å². The molecule has 3 rings (SSSR count). The van der Waals surface area contributed by atoms with E-state index in [9.17, 15) is 0 Å². The summed E-state index contributed by atoms with van der Waals surface area (Å²) in [4.78, 5) is 4.62. The minimum absolute atomic E-state index is 0.0878. The van der Waals surface area contributed by atoms with Gasteiger partial charge in [-0.05, 0) is 29.8 Å². The molecule has 0 N–H and O–H groups in total. The summed E-state index contributed by atoms with van der Waals surface area (Å²) in [6, 6.07) is 17.1. The average molecular weight is 317 g/mol. The molecule has 0 saturated heterocycles. The third-order valence-corrected chi connectivity index (χ3v) is 4.37. The number of thiazole rings is 1. The van der Waals surface area contributed by atoms with E-state index in [0.717, 1.165) is 32.1 Å². The SMILES string of the molecule is COc1ccc2nc(-c3ccc(C=C(C#N)C#N)cc3)sc2c1. The van der Waals surface area contributed by atoms with E-state index < -0.39 is 0 Å². The molecule has 3 aromatic rings. The number of benzene rings is 2. The van der Waals surface area contributed by atoms with Crippen LogP contribution < -0.4 is 4.74 Å². The molecule has 1 heterocycles. The van der Waals surface area contributed by atoms with Gasteiger partial charge in [-0.25, -0.2) is 4.98 Å². The number of nitrogens with zero attached hydrogens (tertiary/aromatic N) is 3. The number of ether oxygens (including phenoxy) is 1. The van der Waals surface area contributed by atoms with E-state index in [1.807, 2.05) is 54.6 Å². The van der Waals surface area contributed by atoms with Gasteiger partial charge >= 0.3 is 0 Å². The molecule has 110 valence electrons. The number of nitriles is 2. The van der Waals surface area contributed by atoms with Crippen LogP contribution in [0.4, 0.5) is 0 Å². The van der Waals surface area contributed by atoms with Gasteiger partial charge in [0, 0.05) is 5.56 Å². The predicted octanol–water partition coefficient (Wildman–Crippen LogP) is 4.40. The summed E-state index contributed by atoms with van der Waals surface area (Å²) in [5.41, 5.74) is 2.84. The number of fused-ring (bicyclic) bond motifs is 1. The lowest BCUT2D eigenvalue weighted by molar-refractivity contribution is 0.415. The second-order valence-electron chi connectivity index (χ2n) is 4.76. The number of hydrogen-bond donors (Lipinski definition) is 0. The maximum Gasteiger partial charge on any atom is 0.130 e. The largest absolute Gasteiger partial charge is 0.497 e. The van der Waals surface area contributed by atoms with E-state index in [4.69, 9.17) is 15.3 Å². The summed E-state index contributed by atoms with van der Waals surface area (Å²) in [6.07, 6.45) is 1.56. The monoisotopic (exact) mass is 317 g/mol. The van der Waals surface area contributed by atoms with Crippen LogP contribution in [-0.4, -0.2) is 12.1 Å². The molecular formula is C18H11N3OS. The van der Waals surface area contributed by atoms with E-state index in [0.29, 0.717) is 0 Å². The fourth-order valence-electron chi connectivity index (χ4n) is 2.13. The molecule has 0 aliphatic heterocycles. The molecule has 2 aromatic carbocycles. The molecule has 1 aromatic heterocycles. The van der Waals surface area contributed by atoms with Gasteiger partial charge in [0.05, 0.1) is 17.3 Å². The van der Waals surface area contributed by atoms with Gasteiger partial charge in [0.1, 0.15) is 28.5 Å². The molecule has 0 spiro atoms. The fraction of sp³-hybridized carbons (Fsp3) is 0.0556. The highest BCUT2D eigenvalue weighted by atomic mass is 32.1. The van der Waals surface area contributed by atoms with Crippen molar-refractivity contribution in [2.24, 2.45) is 0 Å². The minimum Gasteiger partial charge on any atom is -0.497 e. The van der Waals surface area contributed by atoms with Gasteiger partial charge in [0.15, 0.2) is 0 Å². The van der Waals surface area contributed by atoms with Crippen LogP contribution in [-0.2, 0) is 0 Å². The summed E-state index contributed by atoms with van der Waals surface area (Å²) >= 11 is 1.60. The Kier molecular flexibility index (Phi) is 4.05. The maximum atomic E-state index is 8.78. The van der Waals surface area contributed by atoms with Crippen molar-refractivity contribution in [2.45, 2.75) is 0 Å². The molecule has 0 atom stereocenters. The molecule has 0 fully saturated rings. The molecule has 0 aliphatic carbocycles. The third-order valence-electron chi connectivity index (χ3n) is 3.31. The zero-order valence-electron chi connectivity index (χ0n) is 12.3. The average Bonchev–Trinajstić information content (AvgIpc) is 3.03. The van der Waals surface area contributed by atoms with E-state index >= 15 is 0 Å². The quantitative estimate of drug-likeness (QED) is 0.671. The summed E-state index contributed by atoms with van der Waals surface area (Å²) in [7, 11) is 1.64. The Bertz CT molecular complexity index is 956. The number of aromatic nitrogens is 1. The Balaban J connectivity index is 1.95. The molecule has 0 amide bonds. The minimum atomic E-state index is 0.0878. The standard InChI is InChI=1S/C18H11N3OS/c1-22-15-6-7-16-17(9-15)23-18(21-16)14-4-2-12(3-5-14)8-13(10-19)11-20/h2-9H,1H3. The second-order valence-corrected chi connectivity index (χ2v) is 5.79. The Hall–Kier alpha value is -3.15. The van der Waals surface area contributed by atoms with Crippen LogP contribution in [0.2, 0.25) is 0 Å². The second kappa shape index (κ2) is 6.31. The van der Waals surface area contributed by atoms with Crippen LogP contribution in [0.25, 0.3) is 26.9 Å². The number of hydrogen-bond acceptors (Lipinski definition) is 5. The Morgan fingerprint density at radius 1 is 1.13 bits per heavy atom. The number of rotatable bonds is 3. The number of methoxy groups -OCH3 is 1. The smallest absolute Gasteiger partial charge is 0.130 e. The first-order chi connectivity index (χ1) is 11.2. The Morgan fingerprint density at radius 2 is 1.87 bits per heavy atom. The van der Waals surface area contributed by atoms with Gasteiger partial charge in [0.25, 0.3) is 0 Å². The lowest BCUT2D eigenvalue weighted by Gasteiger charge is -1.97. The molecule has 4 nitrogen and oxygen atoms in total. The van der Waals surface area contributed by atoms with Crippen molar-refractivity contribution >= 4 is 27.6 Å². The highest BCUT2D eigenvalue weighted by Crippen LogP contribution is 2.32.